The van der Waals surface area contributed by atoms with Gasteiger partial charge < -0.3 is 4.74 Å². The van der Waals surface area contributed by atoms with E-state index in [-0.39, 0.29) is 0 Å². The molecule has 1 N–H and O–H groups in total. The molecule has 0 bridgehead atoms. The smallest absolute Gasteiger partial charge is 0.204 e. The van der Waals surface area contributed by atoms with Crippen LogP contribution in [-0.2, 0) is 17.7 Å². The molecule has 1 aliphatic heterocycles. The third-order valence-electron chi connectivity index (χ3n) is 6.28. The van der Waals surface area contributed by atoms with Gasteiger partial charge in [0.2, 0.25) is 5.82 Å². The molecule has 4 rings (SSSR count). The molecular weight excluding hydrogens is 374 g/mol. The topological polar surface area (TPSA) is 66.9 Å². The number of hydrogen-bond acceptors (Lipinski definition) is 5. The van der Waals surface area contributed by atoms with Crippen molar-refractivity contribution in [1.82, 2.24) is 25.5 Å². The predicted octanol–water partition coefficient (Wildman–Crippen LogP) is 4.12. The molecule has 0 radical (unpaired) electrons. The molecule has 30 heavy (non-hydrogen) atoms. The van der Waals surface area contributed by atoms with E-state index in [1.807, 2.05) is 0 Å². The highest BCUT2D eigenvalue weighted by molar-refractivity contribution is 5.54. The van der Waals surface area contributed by atoms with Crippen molar-refractivity contribution in [3.8, 4) is 11.4 Å². The fourth-order valence-electron chi connectivity index (χ4n) is 4.33. The highest BCUT2D eigenvalue weighted by atomic mass is 16.5. The molecule has 158 valence electrons. The molecule has 1 aliphatic rings. The van der Waals surface area contributed by atoms with Crippen LogP contribution in [0.15, 0.2) is 54.6 Å². The van der Waals surface area contributed by atoms with Crippen molar-refractivity contribution in [2.75, 3.05) is 26.3 Å². The monoisotopic (exact) mass is 405 g/mol. The van der Waals surface area contributed by atoms with Crippen LogP contribution in [0.3, 0.4) is 0 Å². The Morgan fingerprint density at radius 1 is 1.00 bits per heavy atom. The first-order valence-electron chi connectivity index (χ1n) is 10.9. The molecule has 0 aliphatic carbocycles. The number of ether oxygens (including phenoxy) is 1. The van der Waals surface area contributed by atoms with Crippen LogP contribution in [0.2, 0.25) is 0 Å². The molecule has 1 saturated heterocycles. The second-order valence-corrected chi connectivity index (χ2v) is 8.33. The summed E-state index contributed by atoms with van der Waals surface area (Å²) >= 11 is 0. The number of hydrogen-bond donors (Lipinski definition) is 1. The van der Waals surface area contributed by atoms with Crippen LogP contribution in [0.25, 0.3) is 11.4 Å². The van der Waals surface area contributed by atoms with Crippen molar-refractivity contribution in [2.24, 2.45) is 5.41 Å². The van der Waals surface area contributed by atoms with Crippen LogP contribution in [0.5, 0.6) is 0 Å². The molecule has 0 atom stereocenters. The number of rotatable bonds is 9. The summed E-state index contributed by atoms with van der Waals surface area (Å²) in [5.74, 6) is 0.638. The second kappa shape index (κ2) is 9.96. The van der Waals surface area contributed by atoms with Gasteiger partial charge >= 0.3 is 0 Å². The van der Waals surface area contributed by atoms with Crippen LogP contribution >= 0.6 is 0 Å². The van der Waals surface area contributed by atoms with Gasteiger partial charge in [-0.1, -0.05) is 54.6 Å². The van der Waals surface area contributed by atoms with E-state index >= 15 is 0 Å². The number of aryl methyl sites for hydroxylation is 1. The summed E-state index contributed by atoms with van der Waals surface area (Å²) in [5.41, 5.74) is 4.04. The Hall–Kier alpha value is -2.57. The van der Waals surface area contributed by atoms with E-state index in [9.17, 15) is 0 Å². The minimum Gasteiger partial charge on any atom is -0.381 e. The lowest BCUT2D eigenvalue weighted by Gasteiger charge is -2.42. The van der Waals surface area contributed by atoms with Crippen LogP contribution in [0.1, 0.15) is 37.3 Å². The highest BCUT2D eigenvalue weighted by Crippen LogP contribution is 2.37. The number of likely N-dealkylation sites (tertiary alicyclic amines) is 1. The van der Waals surface area contributed by atoms with Gasteiger partial charge in [-0.2, -0.15) is 5.21 Å². The fourth-order valence-corrected chi connectivity index (χ4v) is 4.33. The number of H-pyrrole nitrogens is 1. The average molecular weight is 406 g/mol. The van der Waals surface area contributed by atoms with Crippen LogP contribution in [0, 0.1) is 5.41 Å². The Balaban J connectivity index is 1.33. The summed E-state index contributed by atoms with van der Waals surface area (Å²) in [5, 5.41) is 14.2. The predicted molar refractivity (Wildman–Crippen MR) is 118 cm³/mol. The first-order chi connectivity index (χ1) is 14.8. The number of nitrogens with one attached hydrogen (secondary N) is 1. The molecule has 3 aromatic rings. The van der Waals surface area contributed by atoms with Gasteiger partial charge in [0.05, 0.1) is 6.61 Å². The second-order valence-electron chi connectivity index (χ2n) is 8.33. The van der Waals surface area contributed by atoms with Crippen molar-refractivity contribution in [2.45, 2.75) is 39.2 Å². The summed E-state index contributed by atoms with van der Waals surface area (Å²) in [6.45, 7) is 6.99. The third-order valence-corrected chi connectivity index (χ3v) is 6.28. The van der Waals surface area contributed by atoms with Gasteiger partial charge in [-0.05, 0) is 67.5 Å². The Morgan fingerprint density at radius 3 is 2.43 bits per heavy atom. The van der Waals surface area contributed by atoms with Crippen molar-refractivity contribution >= 4 is 0 Å². The molecule has 1 aromatic heterocycles. The first kappa shape index (κ1) is 20.7. The molecule has 6 nitrogen and oxygen atoms in total. The molecule has 6 heteroatoms. The number of piperidine rings is 1. The van der Waals surface area contributed by atoms with E-state index in [2.05, 4.69) is 87.0 Å². The largest absolute Gasteiger partial charge is 0.381 e. The molecule has 0 amide bonds. The molecule has 0 spiro atoms. The summed E-state index contributed by atoms with van der Waals surface area (Å²) in [6.07, 6.45) is 4.72. The van der Waals surface area contributed by atoms with Crippen molar-refractivity contribution in [3.63, 3.8) is 0 Å². The van der Waals surface area contributed by atoms with Gasteiger partial charge in [-0.25, -0.2) is 0 Å². The van der Waals surface area contributed by atoms with Crippen LogP contribution in [-0.4, -0.2) is 51.8 Å². The van der Waals surface area contributed by atoms with Gasteiger partial charge in [0, 0.05) is 18.7 Å². The van der Waals surface area contributed by atoms with Gasteiger partial charge in [-0.3, -0.25) is 4.90 Å². The molecule has 2 aromatic carbocycles. The minimum atomic E-state index is 0.296. The van der Waals surface area contributed by atoms with Crippen LogP contribution in [0.4, 0.5) is 0 Å². The molecule has 2 heterocycles. The van der Waals surface area contributed by atoms with E-state index in [1.165, 1.54) is 30.4 Å². The zero-order chi connectivity index (χ0) is 20.7. The minimum absolute atomic E-state index is 0.296. The van der Waals surface area contributed by atoms with Gasteiger partial charge in [0.1, 0.15) is 0 Å². The molecule has 0 unspecified atom stereocenters. The lowest BCUT2D eigenvalue weighted by molar-refractivity contribution is -0.00232. The maximum Gasteiger partial charge on any atom is 0.204 e. The van der Waals surface area contributed by atoms with E-state index in [4.69, 9.17) is 4.74 Å². The van der Waals surface area contributed by atoms with Crippen molar-refractivity contribution < 1.29 is 4.74 Å². The van der Waals surface area contributed by atoms with E-state index in [0.717, 1.165) is 44.8 Å². The number of aromatic nitrogens is 4. The van der Waals surface area contributed by atoms with Gasteiger partial charge in [0.15, 0.2) is 0 Å². The molecular formula is C24H31N5O. The molecule has 0 saturated carbocycles. The van der Waals surface area contributed by atoms with E-state index in [0.29, 0.717) is 11.2 Å². The standard InChI is InChI=1S/C24H31N5O/c1-2-30-19-24(13-12-20-6-4-3-5-7-20)14-16-29(17-15-24)18-21-8-10-22(11-9-21)23-25-27-28-26-23/h3-11H,2,12-19H2,1H3,(H,25,26,27,28). The van der Waals surface area contributed by atoms with E-state index < -0.39 is 0 Å². The highest BCUT2D eigenvalue weighted by Gasteiger charge is 2.34. The average Bonchev–Trinajstić information content (AvgIpc) is 3.34. The maximum absolute atomic E-state index is 5.93. The number of benzene rings is 2. The Bertz CT molecular complexity index is 872. The van der Waals surface area contributed by atoms with E-state index in [1.54, 1.807) is 0 Å². The Kier molecular flexibility index (Phi) is 6.87. The summed E-state index contributed by atoms with van der Waals surface area (Å²) in [4.78, 5) is 2.57. The van der Waals surface area contributed by atoms with Gasteiger partial charge in [-0.15, -0.1) is 10.2 Å². The SMILES string of the molecule is CCOCC1(CCc2ccccc2)CCN(Cc2ccc(-c3nn[nH]n3)cc2)CC1. The Labute approximate surface area is 178 Å². The maximum atomic E-state index is 5.93. The summed E-state index contributed by atoms with van der Waals surface area (Å²) in [7, 11) is 0. The lowest BCUT2D eigenvalue weighted by atomic mass is 9.74. The third kappa shape index (κ3) is 5.32. The zero-order valence-corrected chi connectivity index (χ0v) is 17.8. The summed E-state index contributed by atoms with van der Waals surface area (Å²) in [6, 6.07) is 19.3. The first-order valence-corrected chi connectivity index (χ1v) is 10.9. The quantitative estimate of drug-likeness (QED) is 0.580. The normalized spacial score (nSPS) is 16.6. The zero-order valence-electron chi connectivity index (χ0n) is 17.8. The Morgan fingerprint density at radius 2 is 1.77 bits per heavy atom. The van der Waals surface area contributed by atoms with Crippen molar-refractivity contribution in [3.05, 3.63) is 65.7 Å². The number of nitrogens with zero attached hydrogens (tertiary/aromatic N) is 4. The van der Waals surface area contributed by atoms with Gasteiger partial charge in [0.25, 0.3) is 0 Å². The molecule has 1 fully saturated rings. The number of tetrazole rings is 1. The fraction of sp³-hybridized carbons (Fsp3) is 0.458. The lowest BCUT2D eigenvalue weighted by Crippen LogP contribution is -2.42. The van der Waals surface area contributed by atoms with Crippen LogP contribution < -0.4 is 0 Å². The number of aromatic amines is 1. The summed E-state index contributed by atoms with van der Waals surface area (Å²) < 4.78 is 5.93. The van der Waals surface area contributed by atoms with Crippen molar-refractivity contribution in [1.29, 1.82) is 0 Å².